The maximum Gasteiger partial charge on any atom is 0.336 e. The van der Waals surface area contributed by atoms with E-state index < -0.39 is 5.97 Å². The van der Waals surface area contributed by atoms with Gasteiger partial charge < -0.3 is 10.0 Å². The van der Waals surface area contributed by atoms with E-state index >= 15 is 0 Å². The number of carbonyl (C=O) groups is 1. The van der Waals surface area contributed by atoms with Crippen LogP contribution >= 0.6 is 0 Å². The number of hydrogen-bond donors (Lipinski definition) is 1. The standard InChI is InChI=1S/C15H15N3O2/c19-15(20)12-6-2-1-5-11(12)13-14(17-8-7-16-13)18-9-3-4-10-18/h1-2,5-8H,3-4,9-10H2,(H,19,20). The number of rotatable bonds is 3. The highest BCUT2D eigenvalue weighted by molar-refractivity contribution is 5.96. The van der Waals surface area contributed by atoms with E-state index in [1.165, 1.54) is 0 Å². The Bertz CT molecular complexity index is 637. The second-order valence-electron chi connectivity index (χ2n) is 4.77. The molecule has 0 radical (unpaired) electrons. The van der Waals surface area contributed by atoms with E-state index in [1.54, 1.807) is 30.6 Å². The fraction of sp³-hybridized carbons (Fsp3) is 0.267. The van der Waals surface area contributed by atoms with Crippen LogP contribution in [0.1, 0.15) is 23.2 Å². The maximum atomic E-state index is 11.4. The van der Waals surface area contributed by atoms with Gasteiger partial charge in [0.05, 0.1) is 5.56 Å². The van der Waals surface area contributed by atoms with Gasteiger partial charge in [0.1, 0.15) is 5.69 Å². The van der Waals surface area contributed by atoms with Gasteiger partial charge in [-0.05, 0) is 18.9 Å². The molecule has 0 atom stereocenters. The summed E-state index contributed by atoms with van der Waals surface area (Å²) in [6, 6.07) is 6.93. The van der Waals surface area contributed by atoms with Crippen LogP contribution in [-0.4, -0.2) is 34.1 Å². The number of nitrogens with zero attached hydrogens (tertiary/aromatic N) is 3. The molecule has 5 heteroatoms. The molecule has 1 aliphatic heterocycles. The number of aromatic nitrogens is 2. The van der Waals surface area contributed by atoms with Crippen molar-refractivity contribution in [3.63, 3.8) is 0 Å². The third kappa shape index (κ3) is 2.22. The lowest BCUT2D eigenvalue weighted by atomic mass is 10.0. The Morgan fingerprint density at radius 1 is 1.10 bits per heavy atom. The highest BCUT2D eigenvalue weighted by Crippen LogP contribution is 2.31. The van der Waals surface area contributed by atoms with Crippen molar-refractivity contribution in [2.45, 2.75) is 12.8 Å². The quantitative estimate of drug-likeness (QED) is 0.927. The van der Waals surface area contributed by atoms with Gasteiger partial charge in [0.25, 0.3) is 0 Å². The van der Waals surface area contributed by atoms with Crippen LogP contribution in [0.3, 0.4) is 0 Å². The van der Waals surface area contributed by atoms with E-state index in [9.17, 15) is 9.90 Å². The fourth-order valence-electron chi connectivity index (χ4n) is 2.56. The van der Waals surface area contributed by atoms with Crippen LogP contribution in [0.2, 0.25) is 0 Å². The van der Waals surface area contributed by atoms with Crippen molar-refractivity contribution in [2.24, 2.45) is 0 Å². The summed E-state index contributed by atoms with van der Waals surface area (Å²) in [7, 11) is 0. The van der Waals surface area contributed by atoms with Gasteiger partial charge in [-0.15, -0.1) is 0 Å². The van der Waals surface area contributed by atoms with Crippen molar-refractivity contribution in [1.29, 1.82) is 0 Å². The van der Waals surface area contributed by atoms with Crippen LogP contribution in [0.5, 0.6) is 0 Å². The Labute approximate surface area is 116 Å². The van der Waals surface area contributed by atoms with Gasteiger partial charge in [-0.3, -0.25) is 4.98 Å². The molecule has 0 spiro atoms. The minimum absolute atomic E-state index is 0.258. The number of carboxylic acids is 1. The topological polar surface area (TPSA) is 66.3 Å². The Morgan fingerprint density at radius 3 is 2.55 bits per heavy atom. The SMILES string of the molecule is O=C(O)c1ccccc1-c1nccnc1N1CCCC1. The molecule has 1 saturated heterocycles. The smallest absolute Gasteiger partial charge is 0.336 e. The van der Waals surface area contributed by atoms with Crippen LogP contribution in [0.15, 0.2) is 36.7 Å². The largest absolute Gasteiger partial charge is 0.478 e. The first-order chi connectivity index (χ1) is 9.77. The van der Waals surface area contributed by atoms with Crippen LogP contribution in [-0.2, 0) is 0 Å². The van der Waals surface area contributed by atoms with Gasteiger partial charge in [0.15, 0.2) is 5.82 Å². The molecule has 2 heterocycles. The van der Waals surface area contributed by atoms with Crippen LogP contribution in [0.4, 0.5) is 5.82 Å². The molecular formula is C15H15N3O2. The van der Waals surface area contributed by atoms with Crippen molar-refractivity contribution in [1.82, 2.24) is 9.97 Å². The third-order valence-electron chi connectivity index (χ3n) is 3.50. The third-order valence-corrected chi connectivity index (χ3v) is 3.50. The summed E-state index contributed by atoms with van der Waals surface area (Å²) in [6.45, 7) is 1.89. The van der Waals surface area contributed by atoms with Gasteiger partial charge in [0, 0.05) is 31.0 Å². The van der Waals surface area contributed by atoms with E-state index in [2.05, 4.69) is 14.9 Å². The molecule has 1 N–H and O–H groups in total. The monoisotopic (exact) mass is 269 g/mol. The molecule has 1 aromatic heterocycles. The minimum Gasteiger partial charge on any atom is -0.478 e. The maximum absolute atomic E-state index is 11.4. The summed E-state index contributed by atoms with van der Waals surface area (Å²) in [5.74, 6) is -0.169. The van der Waals surface area contributed by atoms with Crippen LogP contribution in [0, 0.1) is 0 Å². The van der Waals surface area contributed by atoms with Gasteiger partial charge in [-0.25, -0.2) is 9.78 Å². The summed E-state index contributed by atoms with van der Waals surface area (Å²) < 4.78 is 0. The predicted molar refractivity (Wildman–Crippen MR) is 75.9 cm³/mol. The van der Waals surface area contributed by atoms with E-state index in [0.29, 0.717) is 11.3 Å². The summed E-state index contributed by atoms with van der Waals surface area (Å²) in [5.41, 5.74) is 1.52. The van der Waals surface area contributed by atoms with Crippen molar-refractivity contribution < 1.29 is 9.90 Å². The predicted octanol–water partition coefficient (Wildman–Crippen LogP) is 2.44. The normalized spacial score (nSPS) is 14.5. The zero-order valence-electron chi connectivity index (χ0n) is 11.0. The molecule has 0 bridgehead atoms. The highest BCUT2D eigenvalue weighted by atomic mass is 16.4. The van der Waals surface area contributed by atoms with Gasteiger partial charge in [-0.2, -0.15) is 0 Å². The molecule has 0 unspecified atom stereocenters. The first-order valence-corrected chi connectivity index (χ1v) is 6.66. The summed E-state index contributed by atoms with van der Waals surface area (Å²) in [6.07, 6.45) is 5.53. The fourth-order valence-corrected chi connectivity index (χ4v) is 2.56. The van der Waals surface area contributed by atoms with Gasteiger partial charge >= 0.3 is 5.97 Å². The lowest BCUT2D eigenvalue weighted by Gasteiger charge is -2.19. The number of anilines is 1. The molecule has 0 amide bonds. The molecule has 0 saturated carbocycles. The Kier molecular flexibility index (Phi) is 3.33. The Hall–Kier alpha value is -2.43. The van der Waals surface area contributed by atoms with Crippen LogP contribution < -0.4 is 4.90 Å². The average molecular weight is 269 g/mol. The highest BCUT2D eigenvalue weighted by Gasteiger charge is 2.21. The number of benzene rings is 1. The summed E-state index contributed by atoms with van der Waals surface area (Å²) >= 11 is 0. The molecule has 1 aliphatic rings. The number of hydrogen-bond acceptors (Lipinski definition) is 4. The van der Waals surface area contributed by atoms with Crippen molar-refractivity contribution in [2.75, 3.05) is 18.0 Å². The average Bonchev–Trinajstić information content (AvgIpc) is 3.01. The summed E-state index contributed by atoms with van der Waals surface area (Å²) in [4.78, 5) is 22.3. The van der Waals surface area contributed by atoms with E-state index in [4.69, 9.17) is 0 Å². The first-order valence-electron chi connectivity index (χ1n) is 6.66. The van der Waals surface area contributed by atoms with E-state index in [-0.39, 0.29) is 5.56 Å². The molecule has 20 heavy (non-hydrogen) atoms. The van der Waals surface area contributed by atoms with Crippen molar-refractivity contribution >= 4 is 11.8 Å². The lowest BCUT2D eigenvalue weighted by molar-refractivity contribution is 0.0697. The van der Waals surface area contributed by atoms with E-state index in [0.717, 1.165) is 31.7 Å². The molecule has 1 aromatic carbocycles. The van der Waals surface area contributed by atoms with E-state index in [1.807, 2.05) is 6.07 Å². The second kappa shape index (κ2) is 5.28. The summed E-state index contributed by atoms with van der Waals surface area (Å²) in [5, 5.41) is 9.32. The zero-order chi connectivity index (χ0) is 13.9. The minimum atomic E-state index is -0.946. The van der Waals surface area contributed by atoms with Crippen molar-refractivity contribution in [3.05, 3.63) is 42.2 Å². The lowest BCUT2D eigenvalue weighted by Crippen LogP contribution is -2.20. The molecule has 3 rings (SSSR count). The Morgan fingerprint density at radius 2 is 1.80 bits per heavy atom. The Balaban J connectivity index is 2.13. The zero-order valence-corrected chi connectivity index (χ0v) is 11.0. The van der Waals surface area contributed by atoms with Gasteiger partial charge in [0.2, 0.25) is 0 Å². The van der Waals surface area contributed by atoms with Gasteiger partial charge in [-0.1, -0.05) is 18.2 Å². The molecule has 0 aliphatic carbocycles. The van der Waals surface area contributed by atoms with Crippen LogP contribution in [0.25, 0.3) is 11.3 Å². The molecule has 2 aromatic rings. The number of carboxylic acid groups (broad SMARTS) is 1. The molecule has 1 fully saturated rings. The first kappa shape index (κ1) is 12.6. The second-order valence-corrected chi connectivity index (χ2v) is 4.77. The molecular weight excluding hydrogens is 254 g/mol. The molecule has 5 nitrogen and oxygen atoms in total. The molecule has 102 valence electrons. The van der Waals surface area contributed by atoms with Crippen molar-refractivity contribution in [3.8, 4) is 11.3 Å². The number of aromatic carboxylic acids is 1.